The van der Waals surface area contributed by atoms with Crippen molar-refractivity contribution in [1.29, 1.82) is 0 Å². The van der Waals surface area contributed by atoms with E-state index in [1.54, 1.807) is 0 Å². The van der Waals surface area contributed by atoms with E-state index in [1.807, 2.05) is 57.2 Å². The monoisotopic (exact) mass is 452 g/mol. The molecule has 0 saturated heterocycles. The average molecular weight is 453 g/mol. The summed E-state index contributed by atoms with van der Waals surface area (Å²) in [6.45, 7) is 5.87. The molecule has 3 N–H and O–H groups in total. The lowest BCUT2D eigenvalue weighted by Gasteiger charge is -2.23. The number of carboxylic acids is 1. The first-order valence-corrected chi connectivity index (χ1v) is 11.4. The molecular weight excluding hydrogens is 420 g/mol. The van der Waals surface area contributed by atoms with Gasteiger partial charge < -0.3 is 20.5 Å². The van der Waals surface area contributed by atoms with Crippen molar-refractivity contribution in [1.82, 2.24) is 10.6 Å². The summed E-state index contributed by atoms with van der Waals surface area (Å²) < 4.78 is 5.57. The second kappa shape index (κ2) is 11.0. The summed E-state index contributed by atoms with van der Waals surface area (Å²) >= 11 is 0. The fourth-order valence-corrected chi connectivity index (χ4v) is 4.30. The predicted molar refractivity (Wildman–Crippen MR) is 126 cm³/mol. The van der Waals surface area contributed by atoms with Crippen molar-refractivity contribution in [2.45, 2.75) is 58.0 Å². The Morgan fingerprint density at radius 1 is 0.970 bits per heavy atom. The molecule has 0 saturated carbocycles. The molecule has 0 unspecified atom stereocenters. The molecule has 2 amide bonds. The van der Waals surface area contributed by atoms with Crippen molar-refractivity contribution in [3.8, 4) is 11.1 Å². The van der Waals surface area contributed by atoms with E-state index in [1.165, 1.54) is 0 Å². The van der Waals surface area contributed by atoms with Crippen LogP contribution in [-0.4, -0.2) is 41.8 Å². The molecular formula is C26H32N2O5. The molecule has 0 heterocycles. The molecule has 2 aromatic rings. The van der Waals surface area contributed by atoms with Crippen LogP contribution in [0.1, 0.15) is 57.1 Å². The zero-order chi connectivity index (χ0) is 24.0. The molecule has 2 aromatic carbocycles. The minimum Gasteiger partial charge on any atom is -0.481 e. The number of carboxylic acid groups (broad SMARTS) is 1. The van der Waals surface area contributed by atoms with Crippen LogP contribution < -0.4 is 10.6 Å². The minimum absolute atomic E-state index is 0.0689. The van der Waals surface area contributed by atoms with E-state index in [4.69, 9.17) is 9.84 Å². The van der Waals surface area contributed by atoms with Crippen LogP contribution in [0.3, 0.4) is 0 Å². The Labute approximate surface area is 194 Å². The van der Waals surface area contributed by atoms with Crippen LogP contribution in [-0.2, 0) is 14.3 Å². The first-order valence-electron chi connectivity index (χ1n) is 11.4. The van der Waals surface area contributed by atoms with E-state index in [-0.39, 0.29) is 24.9 Å². The highest BCUT2D eigenvalue weighted by Crippen LogP contribution is 2.44. The number of hydrogen-bond acceptors (Lipinski definition) is 4. The van der Waals surface area contributed by atoms with Crippen LogP contribution in [0.2, 0.25) is 0 Å². The summed E-state index contributed by atoms with van der Waals surface area (Å²) in [7, 11) is 0. The van der Waals surface area contributed by atoms with Gasteiger partial charge in [0.15, 0.2) is 0 Å². The van der Waals surface area contributed by atoms with E-state index < -0.39 is 30.1 Å². The van der Waals surface area contributed by atoms with Gasteiger partial charge in [0.25, 0.3) is 0 Å². The standard InChI is InChI=1S/C26H32N2O5/c1-4-17(14-24(29)30)27-25(31)23(13-16(2)3)28-26(32)33-15-22-20-11-7-5-9-18(20)19-10-6-8-12-21(19)22/h5-12,16-17,22-23H,4,13-15H2,1-3H3,(H,27,31)(H,28,32)(H,29,30)/t17-,23+/m1/s1. The SMILES string of the molecule is CC[C@H](CC(=O)O)NC(=O)[C@H](CC(C)C)NC(=O)OCC1c2ccccc2-c2ccccc21. The molecule has 2 atom stereocenters. The molecule has 0 spiro atoms. The van der Waals surface area contributed by atoms with Gasteiger partial charge in [-0.25, -0.2) is 4.79 Å². The average Bonchev–Trinajstić information content (AvgIpc) is 3.10. The van der Waals surface area contributed by atoms with E-state index in [9.17, 15) is 14.4 Å². The Bertz CT molecular complexity index is 958. The summed E-state index contributed by atoms with van der Waals surface area (Å²) in [5.74, 6) is -1.30. The van der Waals surface area contributed by atoms with Gasteiger partial charge in [-0.1, -0.05) is 69.3 Å². The molecule has 3 rings (SSSR count). The second-order valence-electron chi connectivity index (χ2n) is 8.86. The summed E-state index contributed by atoms with van der Waals surface area (Å²) in [4.78, 5) is 36.4. The number of rotatable bonds is 10. The van der Waals surface area contributed by atoms with Gasteiger partial charge in [-0.3, -0.25) is 9.59 Å². The molecule has 1 aliphatic carbocycles. The molecule has 7 heteroatoms. The predicted octanol–water partition coefficient (Wildman–Crippen LogP) is 4.31. The Morgan fingerprint density at radius 2 is 1.55 bits per heavy atom. The van der Waals surface area contributed by atoms with Crippen LogP contribution in [0.15, 0.2) is 48.5 Å². The highest BCUT2D eigenvalue weighted by molar-refractivity contribution is 5.86. The van der Waals surface area contributed by atoms with Crippen LogP contribution in [0, 0.1) is 5.92 Å². The van der Waals surface area contributed by atoms with Gasteiger partial charge in [-0.05, 0) is 41.0 Å². The van der Waals surface area contributed by atoms with E-state index in [0.29, 0.717) is 12.8 Å². The number of fused-ring (bicyclic) bond motifs is 3. The maximum absolute atomic E-state index is 12.8. The summed E-state index contributed by atoms with van der Waals surface area (Å²) in [5.41, 5.74) is 4.51. The van der Waals surface area contributed by atoms with E-state index >= 15 is 0 Å². The lowest BCUT2D eigenvalue weighted by molar-refractivity contribution is -0.137. The first-order chi connectivity index (χ1) is 15.8. The van der Waals surface area contributed by atoms with Crippen LogP contribution in [0.4, 0.5) is 4.79 Å². The van der Waals surface area contributed by atoms with E-state index in [0.717, 1.165) is 22.3 Å². The molecule has 0 fully saturated rings. The number of alkyl carbamates (subject to hydrolysis) is 1. The molecule has 7 nitrogen and oxygen atoms in total. The number of carbonyl (C=O) groups is 3. The van der Waals surface area contributed by atoms with Crippen molar-refractivity contribution < 1.29 is 24.2 Å². The molecule has 0 bridgehead atoms. The van der Waals surface area contributed by atoms with Gasteiger partial charge in [0, 0.05) is 12.0 Å². The fraction of sp³-hybridized carbons (Fsp3) is 0.423. The molecule has 0 aromatic heterocycles. The zero-order valence-electron chi connectivity index (χ0n) is 19.3. The maximum Gasteiger partial charge on any atom is 0.407 e. The maximum atomic E-state index is 12.8. The second-order valence-corrected chi connectivity index (χ2v) is 8.86. The van der Waals surface area contributed by atoms with Gasteiger partial charge in [-0.2, -0.15) is 0 Å². The summed E-state index contributed by atoms with van der Waals surface area (Å²) in [5, 5.41) is 14.5. The Morgan fingerprint density at radius 3 is 2.06 bits per heavy atom. The molecule has 0 aliphatic heterocycles. The molecule has 0 radical (unpaired) electrons. The lowest BCUT2D eigenvalue weighted by Crippen LogP contribution is -2.50. The Balaban J connectivity index is 1.65. The number of amides is 2. The Kier molecular flexibility index (Phi) is 8.09. The quantitative estimate of drug-likeness (QED) is 0.498. The summed E-state index contributed by atoms with van der Waals surface area (Å²) in [6, 6.07) is 14.9. The molecule has 33 heavy (non-hydrogen) atoms. The van der Waals surface area contributed by atoms with Gasteiger partial charge in [0.1, 0.15) is 12.6 Å². The third-order valence-corrected chi connectivity index (χ3v) is 5.92. The highest BCUT2D eigenvalue weighted by atomic mass is 16.5. The highest BCUT2D eigenvalue weighted by Gasteiger charge is 2.30. The topological polar surface area (TPSA) is 105 Å². The van der Waals surface area contributed by atoms with Gasteiger partial charge in [-0.15, -0.1) is 0 Å². The molecule has 176 valence electrons. The lowest BCUT2D eigenvalue weighted by atomic mass is 9.98. The van der Waals surface area contributed by atoms with Crippen molar-refractivity contribution in [2.75, 3.05) is 6.61 Å². The molecule has 1 aliphatic rings. The third kappa shape index (κ3) is 6.12. The third-order valence-electron chi connectivity index (χ3n) is 5.92. The smallest absolute Gasteiger partial charge is 0.407 e. The van der Waals surface area contributed by atoms with Crippen molar-refractivity contribution in [2.24, 2.45) is 5.92 Å². The number of carbonyl (C=O) groups excluding carboxylic acids is 2. The fourth-order valence-electron chi connectivity index (χ4n) is 4.30. The van der Waals surface area contributed by atoms with Gasteiger partial charge in [0.2, 0.25) is 5.91 Å². The minimum atomic E-state index is -0.980. The van der Waals surface area contributed by atoms with Gasteiger partial charge >= 0.3 is 12.1 Å². The van der Waals surface area contributed by atoms with Crippen LogP contribution >= 0.6 is 0 Å². The normalized spacial score (nSPS) is 14.2. The van der Waals surface area contributed by atoms with Crippen molar-refractivity contribution >= 4 is 18.0 Å². The number of aliphatic carboxylic acids is 1. The number of nitrogens with one attached hydrogen (secondary N) is 2. The Hall–Kier alpha value is -3.35. The van der Waals surface area contributed by atoms with E-state index in [2.05, 4.69) is 22.8 Å². The number of hydrogen-bond donors (Lipinski definition) is 3. The largest absolute Gasteiger partial charge is 0.481 e. The van der Waals surface area contributed by atoms with Crippen molar-refractivity contribution in [3.63, 3.8) is 0 Å². The number of ether oxygens (including phenoxy) is 1. The van der Waals surface area contributed by atoms with Crippen LogP contribution in [0.25, 0.3) is 11.1 Å². The number of benzene rings is 2. The first kappa shape index (κ1) is 24.3. The van der Waals surface area contributed by atoms with Crippen LogP contribution in [0.5, 0.6) is 0 Å². The van der Waals surface area contributed by atoms with Crippen molar-refractivity contribution in [3.05, 3.63) is 59.7 Å². The zero-order valence-corrected chi connectivity index (χ0v) is 19.3. The van der Waals surface area contributed by atoms with Gasteiger partial charge in [0.05, 0.1) is 6.42 Å². The summed E-state index contributed by atoms with van der Waals surface area (Å²) in [6.07, 6.45) is 0.0716.